The van der Waals surface area contributed by atoms with Gasteiger partial charge in [-0.05, 0) is 36.6 Å². The highest BCUT2D eigenvalue weighted by molar-refractivity contribution is 5.96. The summed E-state index contributed by atoms with van der Waals surface area (Å²) in [5, 5.41) is 0. The molecule has 0 aliphatic carbocycles. The first-order valence-corrected chi connectivity index (χ1v) is 9.11. The third-order valence-corrected chi connectivity index (χ3v) is 4.97. The van der Waals surface area contributed by atoms with Crippen molar-refractivity contribution in [3.63, 3.8) is 0 Å². The molecular formula is C22H21NO4. The van der Waals surface area contributed by atoms with E-state index in [0.29, 0.717) is 18.7 Å². The van der Waals surface area contributed by atoms with Crippen molar-refractivity contribution in [1.82, 2.24) is 4.90 Å². The van der Waals surface area contributed by atoms with Gasteiger partial charge in [-0.25, -0.2) is 4.79 Å². The van der Waals surface area contributed by atoms with Crippen LogP contribution in [0, 0.1) is 0 Å². The molecular weight excluding hydrogens is 342 g/mol. The van der Waals surface area contributed by atoms with Crippen LogP contribution < -0.4 is 4.74 Å². The molecule has 4 rings (SSSR count). The molecule has 2 aromatic rings. The summed E-state index contributed by atoms with van der Waals surface area (Å²) in [6, 6.07) is 15.6. The Morgan fingerprint density at radius 2 is 1.81 bits per heavy atom. The minimum atomic E-state index is -0.833. The summed E-state index contributed by atoms with van der Waals surface area (Å²) in [5.74, 6) is 0.0588. The van der Waals surface area contributed by atoms with E-state index in [4.69, 9.17) is 9.47 Å². The summed E-state index contributed by atoms with van der Waals surface area (Å²) >= 11 is 0. The van der Waals surface area contributed by atoms with Gasteiger partial charge >= 0.3 is 5.97 Å². The summed E-state index contributed by atoms with van der Waals surface area (Å²) < 4.78 is 11.0. The van der Waals surface area contributed by atoms with E-state index in [1.54, 1.807) is 17.9 Å². The van der Waals surface area contributed by atoms with Gasteiger partial charge in [0.05, 0.1) is 5.57 Å². The number of rotatable bonds is 3. The number of fused-ring (bicyclic) bond motifs is 2. The lowest BCUT2D eigenvalue weighted by atomic mass is 9.99. The first-order chi connectivity index (χ1) is 13.1. The topological polar surface area (TPSA) is 55.8 Å². The second-order valence-electron chi connectivity index (χ2n) is 6.82. The second-order valence-corrected chi connectivity index (χ2v) is 6.82. The van der Waals surface area contributed by atoms with Gasteiger partial charge in [0.1, 0.15) is 12.4 Å². The Morgan fingerprint density at radius 1 is 1.07 bits per heavy atom. The van der Waals surface area contributed by atoms with Crippen LogP contribution in [0.2, 0.25) is 0 Å². The van der Waals surface area contributed by atoms with Gasteiger partial charge in [-0.2, -0.15) is 0 Å². The Balaban J connectivity index is 1.41. The van der Waals surface area contributed by atoms with E-state index in [9.17, 15) is 9.59 Å². The summed E-state index contributed by atoms with van der Waals surface area (Å²) in [5.41, 5.74) is 3.67. The molecule has 5 nitrogen and oxygen atoms in total. The van der Waals surface area contributed by atoms with Gasteiger partial charge in [0.2, 0.25) is 0 Å². The van der Waals surface area contributed by atoms with E-state index in [0.717, 1.165) is 23.3 Å². The number of esters is 1. The van der Waals surface area contributed by atoms with Crippen molar-refractivity contribution >= 4 is 18.0 Å². The molecule has 0 aromatic heterocycles. The van der Waals surface area contributed by atoms with Crippen LogP contribution in [0.1, 0.15) is 23.6 Å². The van der Waals surface area contributed by atoms with Gasteiger partial charge in [0.15, 0.2) is 6.10 Å². The molecule has 2 aliphatic rings. The molecule has 0 saturated carbocycles. The number of ether oxygens (including phenoxy) is 2. The van der Waals surface area contributed by atoms with Crippen molar-refractivity contribution in [2.45, 2.75) is 26.0 Å². The number of carbonyl (C=O) groups excluding carboxylic acids is 2. The molecule has 1 atom stereocenters. The van der Waals surface area contributed by atoms with Crippen LogP contribution in [0.15, 0.2) is 54.1 Å². The number of amides is 1. The number of nitrogens with zero attached hydrogens (tertiary/aromatic N) is 1. The van der Waals surface area contributed by atoms with Gasteiger partial charge in [0.25, 0.3) is 5.91 Å². The van der Waals surface area contributed by atoms with E-state index < -0.39 is 12.1 Å². The highest BCUT2D eigenvalue weighted by atomic mass is 16.6. The van der Waals surface area contributed by atoms with E-state index >= 15 is 0 Å². The van der Waals surface area contributed by atoms with E-state index in [1.807, 2.05) is 42.5 Å². The summed E-state index contributed by atoms with van der Waals surface area (Å²) in [4.78, 5) is 26.9. The van der Waals surface area contributed by atoms with Gasteiger partial charge in [-0.1, -0.05) is 42.5 Å². The Labute approximate surface area is 158 Å². The maximum Gasteiger partial charge on any atom is 0.338 e. The highest BCUT2D eigenvalue weighted by Gasteiger charge is 2.28. The minimum absolute atomic E-state index is 0.147. The quantitative estimate of drug-likeness (QED) is 0.787. The largest absolute Gasteiger partial charge is 0.488 e. The predicted octanol–water partition coefficient (Wildman–Crippen LogP) is 2.98. The van der Waals surface area contributed by atoms with Crippen LogP contribution >= 0.6 is 0 Å². The van der Waals surface area contributed by atoms with Crippen molar-refractivity contribution in [1.29, 1.82) is 0 Å². The molecule has 2 heterocycles. The molecule has 27 heavy (non-hydrogen) atoms. The number of carbonyl (C=O) groups is 2. The molecule has 1 amide bonds. The van der Waals surface area contributed by atoms with Gasteiger partial charge in [0, 0.05) is 18.7 Å². The lowest BCUT2D eigenvalue weighted by Crippen LogP contribution is -2.43. The zero-order chi connectivity index (χ0) is 18.8. The third-order valence-electron chi connectivity index (χ3n) is 4.97. The van der Waals surface area contributed by atoms with Crippen LogP contribution in [-0.2, 0) is 27.3 Å². The van der Waals surface area contributed by atoms with Crippen molar-refractivity contribution < 1.29 is 19.1 Å². The molecule has 0 N–H and O–H groups in total. The third kappa shape index (κ3) is 3.58. The van der Waals surface area contributed by atoms with E-state index in [1.165, 1.54) is 5.56 Å². The molecule has 0 spiro atoms. The Bertz CT molecular complexity index is 918. The van der Waals surface area contributed by atoms with Gasteiger partial charge in [-0.15, -0.1) is 0 Å². The van der Waals surface area contributed by atoms with Crippen molar-refractivity contribution in [3.8, 4) is 5.75 Å². The lowest BCUT2D eigenvalue weighted by molar-refractivity contribution is -0.156. The molecule has 5 heteroatoms. The average molecular weight is 363 g/mol. The first-order valence-electron chi connectivity index (χ1n) is 9.11. The van der Waals surface area contributed by atoms with Crippen LogP contribution in [0.5, 0.6) is 5.75 Å². The molecule has 138 valence electrons. The standard InChI is InChI=1S/C22H21NO4/c1-15(21(24)23-11-10-16-6-2-3-8-18(16)13-23)27-22(25)19-12-17-7-4-5-9-20(17)26-14-19/h2-9,12,15H,10-11,13-14H2,1H3/t15-/m0/s1. The Kier molecular flexibility index (Phi) is 4.67. The normalized spacial score (nSPS) is 16.3. The molecule has 0 fully saturated rings. The van der Waals surface area contributed by atoms with Crippen LogP contribution in [0.4, 0.5) is 0 Å². The summed E-state index contributed by atoms with van der Waals surface area (Å²) in [6.07, 6.45) is 1.74. The second kappa shape index (κ2) is 7.27. The number of para-hydroxylation sites is 1. The number of benzene rings is 2. The fourth-order valence-electron chi connectivity index (χ4n) is 3.46. The molecule has 0 unspecified atom stereocenters. The van der Waals surface area contributed by atoms with E-state index in [-0.39, 0.29) is 12.5 Å². The monoisotopic (exact) mass is 363 g/mol. The highest BCUT2D eigenvalue weighted by Crippen LogP contribution is 2.26. The van der Waals surface area contributed by atoms with E-state index in [2.05, 4.69) is 6.07 Å². The fourth-order valence-corrected chi connectivity index (χ4v) is 3.46. The minimum Gasteiger partial charge on any atom is -0.488 e. The zero-order valence-corrected chi connectivity index (χ0v) is 15.2. The van der Waals surface area contributed by atoms with Crippen molar-refractivity contribution in [2.75, 3.05) is 13.2 Å². The Morgan fingerprint density at radius 3 is 2.67 bits per heavy atom. The fraction of sp³-hybridized carbons (Fsp3) is 0.273. The van der Waals surface area contributed by atoms with Crippen LogP contribution in [-0.4, -0.2) is 36.0 Å². The van der Waals surface area contributed by atoms with Gasteiger partial charge < -0.3 is 14.4 Å². The van der Waals surface area contributed by atoms with Crippen molar-refractivity contribution in [3.05, 3.63) is 70.8 Å². The molecule has 0 radical (unpaired) electrons. The first kappa shape index (κ1) is 17.3. The van der Waals surface area contributed by atoms with Crippen molar-refractivity contribution in [2.24, 2.45) is 0 Å². The van der Waals surface area contributed by atoms with Crippen LogP contribution in [0.3, 0.4) is 0 Å². The molecule has 2 aliphatic heterocycles. The Hall–Kier alpha value is -3.08. The molecule has 0 saturated heterocycles. The lowest BCUT2D eigenvalue weighted by Gasteiger charge is -2.30. The summed E-state index contributed by atoms with van der Waals surface area (Å²) in [7, 11) is 0. The maximum absolute atomic E-state index is 12.7. The number of hydrogen-bond acceptors (Lipinski definition) is 4. The predicted molar refractivity (Wildman–Crippen MR) is 101 cm³/mol. The average Bonchev–Trinajstić information content (AvgIpc) is 2.72. The smallest absolute Gasteiger partial charge is 0.338 e. The molecule has 2 aromatic carbocycles. The zero-order valence-electron chi connectivity index (χ0n) is 15.2. The maximum atomic E-state index is 12.7. The van der Waals surface area contributed by atoms with Gasteiger partial charge in [-0.3, -0.25) is 4.79 Å². The molecule has 0 bridgehead atoms. The SMILES string of the molecule is C[C@H](OC(=O)C1=Cc2ccccc2OC1)C(=O)N1CCc2ccccc2C1. The number of hydrogen-bond donors (Lipinski definition) is 0. The summed E-state index contributed by atoms with van der Waals surface area (Å²) in [6.45, 7) is 2.96. The van der Waals surface area contributed by atoms with Crippen LogP contribution in [0.25, 0.3) is 6.08 Å².